The smallest absolute Gasteiger partial charge is 0.303 e. The summed E-state index contributed by atoms with van der Waals surface area (Å²) in [5.74, 6) is -18.4. The number of hydrogen-bond donors (Lipinski definition) is 20. The molecule has 0 aliphatic carbocycles. The Kier molecular flexibility index (Phi) is 39.2. The zero-order chi connectivity index (χ0) is 98.5. The predicted octanol–water partition coefficient (Wildman–Crippen LogP) is -1.55. The van der Waals surface area contributed by atoms with Crippen molar-refractivity contribution in [3.05, 3.63) is 149 Å². The number of nitrogens with two attached hydrogens (primary N) is 4. The van der Waals surface area contributed by atoms with E-state index in [0.29, 0.717) is 44.3 Å². The number of nitrogens with zero attached hydrogens (tertiary/aromatic N) is 1. The first-order valence-corrected chi connectivity index (χ1v) is 45.8. The molecule has 41 nitrogen and oxygen atoms in total. The van der Waals surface area contributed by atoms with Crippen molar-refractivity contribution in [3.63, 3.8) is 0 Å². The maximum atomic E-state index is 16.4. The molecular weight excluding hydrogens is 1780 g/mol. The van der Waals surface area contributed by atoms with Gasteiger partial charge in [0.05, 0.1) is 25.5 Å². The van der Waals surface area contributed by atoms with Gasteiger partial charge in [0.1, 0.15) is 84.4 Å². The van der Waals surface area contributed by atoms with Gasteiger partial charge in [-0.3, -0.25) is 86.3 Å². The zero-order valence-corrected chi connectivity index (χ0v) is 77.7. The van der Waals surface area contributed by atoms with Crippen LogP contribution in [0.3, 0.4) is 0 Å². The van der Waals surface area contributed by atoms with Gasteiger partial charge < -0.3 is 122 Å². The Labute approximate surface area is 781 Å². The standard InChI is InChI=1S/C91H121N19O22S2/c1-49-18-17-23-60-58(47-97-73(49)60)44-65-80(122)99-61(24-15-16-36-96-51(3)112)78(120)108-76(90(7,8)134-133-89(5,6)75(98-52(4)113)85(127)104-67(46-70(94)115)82(124)107-74(50(2)111)84(126)102-65)86(128)103-63(41-54-26-29-59(30-27-54)132-39-35-92)79(121)100-64(43-55-25-28-56-21-13-14-22-57(56)40-55)83(125)109-91(33-37-131-38-34-91)88(130)106-62(31-32-72(117)118)77(119)101-66(45-69(93)114)81(123)105-68(42-53-19-11-10-12-20-53)87(129)110(9)48-71(95)116/h10-14,17-23,25-30,40,47,50,61-68,74-76,97,111H,15-16,24,31-39,41-46,48,92H2,1-9H3,(H2,93,114)(H2,94,115)(H2,95,116)(H,96,112)(H,98,113)(H,99,122)(H,100,121)(H,101,119)(H,102,126)(H,103,128)(H,104,127)(H,105,123)(H,106,130)(H,107,124)(H,108,120)(H,109,125)(H,117,118). The van der Waals surface area contributed by atoms with E-state index in [9.17, 15) is 67.7 Å². The molecule has 8 rings (SSSR count). The Hall–Kier alpha value is -13.3. The highest BCUT2D eigenvalue weighted by atomic mass is 33.1. The molecule has 0 saturated carbocycles. The highest BCUT2D eigenvalue weighted by molar-refractivity contribution is 8.77. The maximum absolute atomic E-state index is 16.4. The van der Waals surface area contributed by atoms with E-state index >= 15 is 28.8 Å². The molecule has 134 heavy (non-hydrogen) atoms. The molecule has 0 bridgehead atoms. The number of carboxylic acid groups (broad SMARTS) is 1. The number of nitrogens with one attached hydrogen (secondary N) is 14. The average molecular weight is 1900 g/mol. The minimum absolute atomic E-state index is 0.0916. The van der Waals surface area contributed by atoms with E-state index in [1.807, 2.05) is 19.1 Å². The third-order valence-electron chi connectivity index (χ3n) is 22.5. The third kappa shape index (κ3) is 31.5. The van der Waals surface area contributed by atoms with Gasteiger partial charge in [0.15, 0.2) is 0 Å². The van der Waals surface area contributed by atoms with Crippen LogP contribution in [0.15, 0.2) is 121 Å². The molecule has 1 aromatic heterocycles. The molecule has 2 fully saturated rings. The molecule has 2 saturated heterocycles. The summed E-state index contributed by atoms with van der Waals surface area (Å²) in [6, 6.07) is 12.8. The fraction of sp³-hybridized carbons (Fsp3) is 0.473. The normalized spacial score (nSPS) is 19.5. The van der Waals surface area contributed by atoms with Crippen molar-refractivity contribution in [2.45, 2.75) is 226 Å². The maximum Gasteiger partial charge on any atom is 0.303 e. The fourth-order valence-electron chi connectivity index (χ4n) is 15.2. The number of fused-ring (bicyclic) bond motifs is 2. The van der Waals surface area contributed by atoms with Crippen LogP contribution < -0.4 is 96.8 Å². The van der Waals surface area contributed by atoms with Gasteiger partial charge in [-0.05, 0) is 118 Å². The minimum atomic E-state index is -2.10. The van der Waals surface area contributed by atoms with Crippen molar-refractivity contribution in [1.29, 1.82) is 0 Å². The number of unbranched alkanes of at least 4 members (excludes halogenated alkanes) is 1. The van der Waals surface area contributed by atoms with E-state index in [1.54, 1.807) is 109 Å². The number of carbonyl (C=O) groups is 18. The predicted molar refractivity (Wildman–Crippen MR) is 496 cm³/mol. The van der Waals surface area contributed by atoms with E-state index in [2.05, 4.69) is 74.1 Å². The fourth-order valence-corrected chi connectivity index (χ4v) is 18.1. The van der Waals surface area contributed by atoms with Crippen LogP contribution in [0.5, 0.6) is 5.75 Å². The molecule has 0 spiro atoms. The summed E-state index contributed by atoms with van der Waals surface area (Å²) in [5, 5.41) is 57.8. The van der Waals surface area contributed by atoms with Gasteiger partial charge in [0.2, 0.25) is 100 Å². The summed E-state index contributed by atoms with van der Waals surface area (Å²) in [6.45, 7) is 10.7. The van der Waals surface area contributed by atoms with Crippen molar-refractivity contribution >= 4 is 150 Å². The highest BCUT2D eigenvalue weighted by Gasteiger charge is 2.49. The van der Waals surface area contributed by atoms with E-state index < -0.39 is 227 Å². The topological polar surface area (TPSA) is 646 Å². The molecule has 12 atom stereocenters. The second-order valence-corrected chi connectivity index (χ2v) is 37.7. The Balaban J connectivity index is 1.22. The molecule has 3 heterocycles. The van der Waals surface area contributed by atoms with Crippen LogP contribution in [0, 0.1) is 6.92 Å². The lowest BCUT2D eigenvalue weighted by atomic mass is 9.87. The molecule has 0 radical (unpaired) electrons. The molecule has 17 amide bonds. The number of H-pyrrole nitrogens is 1. The number of aliphatic carboxylic acids is 1. The highest BCUT2D eigenvalue weighted by Crippen LogP contribution is 2.47. The van der Waals surface area contributed by atoms with Crippen LogP contribution in [0.4, 0.5) is 0 Å². The molecule has 43 heteroatoms. The number of aromatic amines is 1. The van der Waals surface area contributed by atoms with E-state index in [4.69, 9.17) is 32.4 Å². The number of aliphatic hydroxyl groups is 1. The number of benzene rings is 5. The zero-order valence-electron chi connectivity index (χ0n) is 76.0. The van der Waals surface area contributed by atoms with Gasteiger partial charge in [0, 0.05) is 119 Å². The number of amides is 17. The molecule has 2 aliphatic rings. The van der Waals surface area contributed by atoms with Gasteiger partial charge in [-0.15, -0.1) is 0 Å². The van der Waals surface area contributed by atoms with Crippen LogP contribution in [0.2, 0.25) is 0 Å². The molecule has 6 aromatic rings. The SMILES string of the molecule is CC(=O)NCCCCC1NC(=O)C(Cc2c[nH]c3c(C)cccc23)NC(=O)C(C(C)O)NC(=O)C(CC(N)=O)NC(=O)C(NC(C)=O)C(C)(C)SSC(C)(C)C(C(=O)NC(Cc2ccc(OCCN)cc2)C(=O)NC(Cc2ccc3ccccc3c2)C(=O)NC2(C(=O)NC(CCC(=O)O)C(=O)NC(CC(N)=O)C(=O)NC(Cc3ccccc3)C(=O)N(C)CC(N)=O)CCOCC2)NC1=O. The molecule has 12 unspecified atom stereocenters. The Morgan fingerprint density at radius 1 is 0.597 bits per heavy atom. The summed E-state index contributed by atoms with van der Waals surface area (Å²) < 4.78 is 8.26. The minimum Gasteiger partial charge on any atom is -0.492 e. The summed E-state index contributed by atoms with van der Waals surface area (Å²) in [7, 11) is 3.03. The molecule has 2 aliphatic heterocycles. The van der Waals surface area contributed by atoms with E-state index in [0.717, 1.165) is 51.3 Å². The van der Waals surface area contributed by atoms with Crippen LogP contribution in [-0.4, -0.2) is 261 Å². The third-order valence-corrected chi connectivity index (χ3v) is 26.7. The molecule has 5 aromatic carbocycles. The molecule has 24 N–H and O–H groups in total. The van der Waals surface area contributed by atoms with Gasteiger partial charge in [-0.25, -0.2) is 0 Å². The lowest BCUT2D eigenvalue weighted by Gasteiger charge is -2.39. The van der Waals surface area contributed by atoms with Gasteiger partial charge >= 0.3 is 5.97 Å². The quantitative estimate of drug-likeness (QED) is 0.0153. The number of aromatic nitrogens is 1. The lowest BCUT2D eigenvalue weighted by Crippen LogP contribution is -2.67. The monoisotopic (exact) mass is 1900 g/mol. The number of aryl methyl sites for hydroxylation is 1. The van der Waals surface area contributed by atoms with E-state index in [-0.39, 0.29) is 90.2 Å². The van der Waals surface area contributed by atoms with Gasteiger partial charge in [0.25, 0.3) is 0 Å². The van der Waals surface area contributed by atoms with Crippen LogP contribution in [0.1, 0.15) is 134 Å². The van der Waals surface area contributed by atoms with Crippen LogP contribution >= 0.6 is 21.6 Å². The van der Waals surface area contributed by atoms with Crippen molar-refractivity contribution in [2.75, 3.05) is 46.5 Å². The van der Waals surface area contributed by atoms with Crippen LogP contribution in [-0.2, 0) is 117 Å². The Bertz CT molecular complexity index is 5270. The van der Waals surface area contributed by atoms with Gasteiger partial charge in [-0.1, -0.05) is 125 Å². The number of likely N-dealkylation sites (N-methyl/N-ethyl adjacent to an activating group) is 1. The van der Waals surface area contributed by atoms with Gasteiger partial charge in [-0.2, -0.15) is 0 Å². The first kappa shape index (κ1) is 106. The Morgan fingerprint density at radius 2 is 1.18 bits per heavy atom. The first-order chi connectivity index (χ1) is 63.4. The number of para-hydroxylation sites is 1. The second-order valence-electron chi connectivity index (χ2n) is 34.3. The summed E-state index contributed by atoms with van der Waals surface area (Å²) in [5.41, 5.74) is 23.6. The molecule has 724 valence electrons. The number of hydrogen-bond acceptors (Lipinski definition) is 24. The second kappa shape index (κ2) is 49.5. The number of rotatable bonds is 40. The van der Waals surface area contributed by atoms with Crippen molar-refractivity contribution in [1.82, 2.24) is 79.0 Å². The number of carboxylic acids is 1. The Morgan fingerprint density at radius 3 is 1.82 bits per heavy atom. The summed E-state index contributed by atoms with van der Waals surface area (Å²) in [4.78, 5) is 262. The summed E-state index contributed by atoms with van der Waals surface area (Å²) >= 11 is 0. The van der Waals surface area contributed by atoms with Crippen molar-refractivity contribution in [2.24, 2.45) is 22.9 Å². The summed E-state index contributed by atoms with van der Waals surface area (Å²) in [6.07, 6.45) is -5.35. The lowest BCUT2D eigenvalue weighted by molar-refractivity contribution is -0.142. The first-order valence-electron chi connectivity index (χ1n) is 43.7. The number of carbonyl (C=O) groups excluding carboxylic acids is 17. The van der Waals surface area contributed by atoms with E-state index in [1.165, 1.54) is 41.7 Å². The van der Waals surface area contributed by atoms with Crippen LogP contribution in [0.25, 0.3) is 21.7 Å². The number of ether oxygens (including phenoxy) is 2. The van der Waals surface area contributed by atoms with Crippen molar-refractivity contribution in [3.8, 4) is 5.75 Å². The largest absolute Gasteiger partial charge is 0.492 e. The molecular formula is C91H121N19O22S2. The number of primary amides is 3. The van der Waals surface area contributed by atoms with Crippen molar-refractivity contribution < 1.29 is 106 Å². The number of aliphatic hydroxyl groups excluding tert-OH is 1. The average Bonchev–Trinajstić information content (AvgIpc) is 1.79.